The molecule has 0 spiro atoms. The van der Waals surface area contributed by atoms with Gasteiger partial charge in [-0.25, -0.2) is 0 Å². The molecule has 0 bridgehead atoms. The van der Waals surface area contributed by atoms with Gasteiger partial charge in [0.2, 0.25) is 5.91 Å². The summed E-state index contributed by atoms with van der Waals surface area (Å²) in [7, 11) is 0. The van der Waals surface area contributed by atoms with Crippen LogP contribution in [0.4, 0.5) is 13.2 Å². The zero-order chi connectivity index (χ0) is 19.7. The maximum absolute atomic E-state index is 13.0. The summed E-state index contributed by atoms with van der Waals surface area (Å²) in [6.45, 7) is 8.27. The lowest BCUT2D eigenvalue weighted by atomic mass is 9.76. The van der Waals surface area contributed by atoms with Gasteiger partial charge in [-0.15, -0.1) is 12.4 Å². The van der Waals surface area contributed by atoms with E-state index in [1.807, 2.05) is 4.90 Å². The highest BCUT2D eigenvalue weighted by molar-refractivity contribution is 5.85. The Kier molecular flexibility index (Phi) is 7.43. The van der Waals surface area contributed by atoms with Crippen LogP contribution >= 0.6 is 12.4 Å². The normalized spacial score (nSPS) is 22.8. The number of nitrogens with zero attached hydrogens (tertiary/aromatic N) is 2. The van der Waals surface area contributed by atoms with Gasteiger partial charge in [0.1, 0.15) is 0 Å². The molecule has 158 valence electrons. The number of likely N-dealkylation sites (tertiary alicyclic amines) is 2. The van der Waals surface area contributed by atoms with Crippen LogP contribution < -0.4 is 0 Å². The van der Waals surface area contributed by atoms with Gasteiger partial charge in [-0.3, -0.25) is 4.79 Å². The highest BCUT2D eigenvalue weighted by Crippen LogP contribution is 2.36. The summed E-state index contributed by atoms with van der Waals surface area (Å²) in [5.74, 6) is 0.0201. The smallest absolute Gasteiger partial charge is 0.338 e. The molecule has 0 aromatic heterocycles. The number of halogens is 4. The zero-order valence-electron chi connectivity index (χ0n) is 16.6. The molecule has 2 aliphatic rings. The summed E-state index contributed by atoms with van der Waals surface area (Å²) in [4.78, 5) is 17.4. The van der Waals surface area contributed by atoms with E-state index >= 15 is 0 Å². The first-order valence-corrected chi connectivity index (χ1v) is 9.85. The molecule has 3 rings (SSSR count). The molecule has 2 fully saturated rings. The van der Waals surface area contributed by atoms with E-state index in [0.29, 0.717) is 5.56 Å². The van der Waals surface area contributed by atoms with E-state index in [0.717, 1.165) is 51.2 Å². The van der Waals surface area contributed by atoms with E-state index in [1.165, 1.54) is 25.0 Å². The summed E-state index contributed by atoms with van der Waals surface area (Å²) in [6.07, 6.45) is 0.308. The quantitative estimate of drug-likeness (QED) is 0.702. The van der Waals surface area contributed by atoms with Crippen LogP contribution in [0.1, 0.15) is 50.7 Å². The van der Waals surface area contributed by atoms with Crippen LogP contribution in [0, 0.1) is 5.41 Å². The molecule has 0 radical (unpaired) electrons. The minimum Gasteiger partial charge on any atom is -0.338 e. The lowest BCUT2D eigenvalue weighted by molar-refractivity contribution is -0.139. The molecule has 1 amide bonds. The maximum Gasteiger partial charge on any atom is 0.416 e. The van der Waals surface area contributed by atoms with E-state index in [2.05, 4.69) is 18.7 Å². The highest BCUT2D eigenvalue weighted by Gasteiger charge is 2.40. The SMILES string of the molecule is CC1(C)CCCN(C(=O)Cc2ccc(C(F)(F)F)cc2)C1CN1CCCC1.Cl. The molecule has 2 saturated heterocycles. The number of carbonyl (C=O) groups is 1. The van der Waals surface area contributed by atoms with Crippen molar-refractivity contribution in [3.8, 4) is 0 Å². The first-order chi connectivity index (χ1) is 12.7. The van der Waals surface area contributed by atoms with Crippen molar-refractivity contribution in [3.05, 3.63) is 35.4 Å². The first kappa shape index (κ1) is 23.0. The van der Waals surface area contributed by atoms with Gasteiger partial charge in [0.15, 0.2) is 0 Å². The van der Waals surface area contributed by atoms with Crippen LogP contribution in [0.15, 0.2) is 24.3 Å². The number of hydrogen-bond donors (Lipinski definition) is 0. The van der Waals surface area contributed by atoms with Crippen molar-refractivity contribution in [2.75, 3.05) is 26.2 Å². The van der Waals surface area contributed by atoms with Gasteiger partial charge >= 0.3 is 6.18 Å². The Labute approximate surface area is 171 Å². The molecule has 7 heteroatoms. The second-order valence-electron chi connectivity index (χ2n) is 8.57. The Balaban J connectivity index is 0.00000280. The summed E-state index contributed by atoms with van der Waals surface area (Å²) in [6, 6.07) is 5.12. The molecule has 1 atom stereocenters. The zero-order valence-corrected chi connectivity index (χ0v) is 17.4. The summed E-state index contributed by atoms with van der Waals surface area (Å²) < 4.78 is 38.2. The third kappa shape index (κ3) is 5.41. The lowest BCUT2D eigenvalue weighted by Gasteiger charge is -2.48. The van der Waals surface area contributed by atoms with Crippen molar-refractivity contribution >= 4 is 18.3 Å². The van der Waals surface area contributed by atoms with Crippen molar-refractivity contribution in [3.63, 3.8) is 0 Å². The fraction of sp³-hybridized carbons (Fsp3) is 0.667. The van der Waals surface area contributed by atoms with Gasteiger partial charge in [0.25, 0.3) is 0 Å². The minimum absolute atomic E-state index is 0. The number of amides is 1. The standard InChI is InChI=1S/C21H29F3N2O.ClH/c1-20(2)10-5-13-26(18(20)15-25-11-3-4-12-25)19(27)14-16-6-8-17(9-7-16)21(22,23)24;/h6-9,18H,3-5,10-15H2,1-2H3;1H. The first-order valence-electron chi connectivity index (χ1n) is 9.85. The van der Waals surface area contributed by atoms with Gasteiger partial charge in [-0.05, 0) is 61.9 Å². The average molecular weight is 419 g/mol. The van der Waals surface area contributed by atoms with Crippen molar-refractivity contribution < 1.29 is 18.0 Å². The maximum atomic E-state index is 13.0. The molecule has 2 heterocycles. The van der Waals surface area contributed by atoms with Crippen molar-refractivity contribution in [1.82, 2.24) is 9.80 Å². The summed E-state index contributed by atoms with van der Waals surface area (Å²) >= 11 is 0. The van der Waals surface area contributed by atoms with E-state index in [4.69, 9.17) is 0 Å². The molecule has 3 nitrogen and oxygen atoms in total. The molecule has 0 saturated carbocycles. The summed E-state index contributed by atoms with van der Waals surface area (Å²) in [5, 5.41) is 0. The molecular formula is C21H30ClF3N2O. The van der Waals surface area contributed by atoms with Gasteiger partial charge in [-0.1, -0.05) is 26.0 Å². The third-order valence-electron chi connectivity index (χ3n) is 6.09. The Morgan fingerprint density at radius 2 is 1.68 bits per heavy atom. The monoisotopic (exact) mass is 418 g/mol. The van der Waals surface area contributed by atoms with Crippen LogP contribution in [0.25, 0.3) is 0 Å². The molecular weight excluding hydrogens is 389 g/mol. The number of hydrogen-bond acceptors (Lipinski definition) is 2. The average Bonchev–Trinajstić information content (AvgIpc) is 3.09. The number of alkyl halides is 3. The van der Waals surface area contributed by atoms with Gasteiger partial charge in [0.05, 0.1) is 12.0 Å². The molecule has 1 unspecified atom stereocenters. The van der Waals surface area contributed by atoms with Crippen molar-refractivity contribution in [2.45, 2.75) is 58.2 Å². The number of carbonyl (C=O) groups excluding carboxylic acids is 1. The lowest BCUT2D eigenvalue weighted by Crippen LogP contribution is -2.57. The molecule has 28 heavy (non-hydrogen) atoms. The number of rotatable bonds is 4. The van der Waals surface area contributed by atoms with Gasteiger partial charge in [0, 0.05) is 19.1 Å². The molecule has 1 aromatic carbocycles. The second kappa shape index (κ2) is 9.04. The predicted molar refractivity (Wildman–Crippen MR) is 107 cm³/mol. The fourth-order valence-electron chi connectivity index (χ4n) is 4.39. The Bertz CT molecular complexity index is 655. The largest absolute Gasteiger partial charge is 0.416 e. The van der Waals surface area contributed by atoms with Crippen molar-refractivity contribution in [2.24, 2.45) is 5.41 Å². The molecule has 2 aliphatic heterocycles. The Hall–Kier alpha value is -1.27. The van der Waals surface area contributed by atoms with Crippen LogP contribution in [0.3, 0.4) is 0 Å². The van der Waals surface area contributed by atoms with Gasteiger partial charge < -0.3 is 9.80 Å². The number of benzene rings is 1. The van der Waals surface area contributed by atoms with Crippen LogP contribution in [-0.4, -0.2) is 47.9 Å². The molecule has 0 N–H and O–H groups in total. The van der Waals surface area contributed by atoms with Crippen LogP contribution in [0.2, 0.25) is 0 Å². The Morgan fingerprint density at radius 1 is 1.07 bits per heavy atom. The minimum atomic E-state index is -4.35. The van der Waals surface area contributed by atoms with E-state index < -0.39 is 11.7 Å². The van der Waals surface area contributed by atoms with Crippen LogP contribution in [-0.2, 0) is 17.4 Å². The van der Waals surface area contributed by atoms with E-state index in [1.54, 1.807) is 0 Å². The number of piperidine rings is 1. The Morgan fingerprint density at radius 3 is 2.25 bits per heavy atom. The highest BCUT2D eigenvalue weighted by atomic mass is 35.5. The fourth-order valence-corrected chi connectivity index (χ4v) is 4.39. The summed E-state index contributed by atoms with van der Waals surface area (Å²) in [5.41, 5.74) is 0.0115. The second-order valence-corrected chi connectivity index (χ2v) is 8.57. The topological polar surface area (TPSA) is 23.6 Å². The van der Waals surface area contributed by atoms with E-state index in [-0.39, 0.29) is 36.2 Å². The van der Waals surface area contributed by atoms with E-state index in [9.17, 15) is 18.0 Å². The van der Waals surface area contributed by atoms with Crippen LogP contribution in [0.5, 0.6) is 0 Å². The third-order valence-corrected chi connectivity index (χ3v) is 6.09. The van der Waals surface area contributed by atoms with Crippen molar-refractivity contribution in [1.29, 1.82) is 0 Å². The van der Waals surface area contributed by atoms with Gasteiger partial charge in [-0.2, -0.15) is 13.2 Å². The molecule has 1 aromatic rings. The predicted octanol–water partition coefficient (Wildman–Crippen LogP) is 4.78. The molecule has 0 aliphatic carbocycles.